The van der Waals surface area contributed by atoms with E-state index in [4.69, 9.17) is 28.2 Å². The van der Waals surface area contributed by atoms with E-state index >= 15 is 0 Å². The summed E-state index contributed by atoms with van der Waals surface area (Å²) in [5.41, 5.74) is 1.75. The highest BCUT2D eigenvalue weighted by molar-refractivity contribution is 6.33. The third kappa shape index (κ3) is 4.36. The number of benzene rings is 2. The third-order valence-electron chi connectivity index (χ3n) is 5.89. The highest BCUT2D eigenvalue weighted by Gasteiger charge is 2.27. The van der Waals surface area contributed by atoms with Gasteiger partial charge in [-0.05, 0) is 42.7 Å². The summed E-state index contributed by atoms with van der Waals surface area (Å²) in [6.45, 7) is 1.50. The van der Waals surface area contributed by atoms with Crippen LogP contribution in [-0.4, -0.2) is 48.9 Å². The molecule has 0 radical (unpaired) electrons. The summed E-state index contributed by atoms with van der Waals surface area (Å²) in [5.74, 6) is 0.527. The van der Waals surface area contributed by atoms with Crippen LogP contribution < -0.4 is 5.56 Å². The number of rotatable bonds is 4. The van der Waals surface area contributed by atoms with Crippen LogP contribution in [0.1, 0.15) is 40.5 Å². The van der Waals surface area contributed by atoms with Crippen molar-refractivity contribution in [3.8, 4) is 0 Å². The van der Waals surface area contributed by atoms with Crippen molar-refractivity contribution >= 4 is 40.3 Å². The number of likely N-dealkylation sites (tertiary alicyclic amines) is 1. The van der Waals surface area contributed by atoms with Crippen LogP contribution in [0.15, 0.2) is 53.3 Å². The maximum atomic E-state index is 12.8. The number of aromatic amines is 1. The van der Waals surface area contributed by atoms with Gasteiger partial charge in [-0.25, -0.2) is 9.67 Å². The van der Waals surface area contributed by atoms with Gasteiger partial charge in [-0.2, -0.15) is 0 Å². The highest BCUT2D eigenvalue weighted by atomic mass is 35.5. The van der Waals surface area contributed by atoms with Crippen LogP contribution in [-0.2, 0) is 6.54 Å². The number of nitrogens with zero attached hydrogens (tertiary/aromatic N) is 5. The first-order chi connectivity index (χ1) is 16.0. The molecule has 1 N–H and O–H groups in total. The summed E-state index contributed by atoms with van der Waals surface area (Å²) in [4.78, 5) is 34.8. The Balaban J connectivity index is 1.36. The number of aromatic nitrogens is 5. The molecule has 0 atom stereocenters. The fourth-order valence-electron chi connectivity index (χ4n) is 4.15. The molecule has 0 aliphatic carbocycles. The van der Waals surface area contributed by atoms with Gasteiger partial charge in [0, 0.05) is 24.0 Å². The maximum absolute atomic E-state index is 12.8. The van der Waals surface area contributed by atoms with Crippen LogP contribution in [0.2, 0.25) is 10.0 Å². The quantitative estimate of drug-likeness (QED) is 0.475. The van der Waals surface area contributed by atoms with Crippen molar-refractivity contribution in [3.05, 3.63) is 85.9 Å². The number of fused-ring (bicyclic) bond motifs is 1. The number of hydrogen-bond acceptors (Lipinski definition) is 5. The molecule has 4 aromatic rings. The lowest BCUT2D eigenvalue weighted by atomic mass is 9.95. The molecule has 2 aromatic carbocycles. The molecule has 1 aliphatic rings. The Bertz CT molecular complexity index is 1390. The Labute approximate surface area is 199 Å². The molecule has 33 heavy (non-hydrogen) atoms. The lowest BCUT2D eigenvalue weighted by Gasteiger charge is -2.31. The number of halogens is 2. The second-order valence-corrected chi connectivity index (χ2v) is 8.89. The number of hydrogen-bond donors (Lipinski definition) is 1. The van der Waals surface area contributed by atoms with E-state index in [-0.39, 0.29) is 22.9 Å². The van der Waals surface area contributed by atoms with Crippen molar-refractivity contribution in [2.75, 3.05) is 13.1 Å². The van der Waals surface area contributed by atoms with E-state index in [1.807, 2.05) is 18.2 Å². The Morgan fingerprint density at radius 1 is 1.09 bits per heavy atom. The Morgan fingerprint density at radius 2 is 1.88 bits per heavy atom. The van der Waals surface area contributed by atoms with Crippen LogP contribution in [0.4, 0.5) is 0 Å². The third-order valence-corrected chi connectivity index (χ3v) is 6.45. The van der Waals surface area contributed by atoms with Gasteiger partial charge >= 0.3 is 0 Å². The molecular formula is C23H20Cl2N6O2. The van der Waals surface area contributed by atoms with E-state index in [0.717, 1.165) is 5.56 Å². The molecule has 1 amide bonds. The molecular weight excluding hydrogens is 463 g/mol. The molecule has 0 unspecified atom stereocenters. The van der Waals surface area contributed by atoms with Crippen LogP contribution in [0.5, 0.6) is 0 Å². The molecule has 0 saturated carbocycles. The lowest BCUT2D eigenvalue weighted by molar-refractivity contribution is 0.0711. The number of amides is 1. The normalized spacial score (nSPS) is 14.7. The average Bonchev–Trinajstić information content (AvgIpc) is 3.22. The summed E-state index contributed by atoms with van der Waals surface area (Å²) >= 11 is 12.3. The summed E-state index contributed by atoms with van der Waals surface area (Å²) in [7, 11) is 0. The van der Waals surface area contributed by atoms with E-state index in [1.54, 1.807) is 39.9 Å². The minimum Gasteiger partial charge on any atom is -0.339 e. The second-order valence-electron chi connectivity index (χ2n) is 8.05. The zero-order valence-corrected chi connectivity index (χ0v) is 19.1. The topological polar surface area (TPSA) is 96.8 Å². The van der Waals surface area contributed by atoms with Crippen LogP contribution in [0.3, 0.4) is 0 Å². The van der Waals surface area contributed by atoms with Crippen molar-refractivity contribution in [3.63, 3.8) is 0 Å². The molecule has 1 aliphatic heterocycles. The zero-order chi connectivity index (χ0) is 22.9. The number of carbonyl (C=O) groups is 1. The lowest BCUT2D eigenvalue weighted by Crippen LogP contribution is -2.38. The maximum Gasteiger partial charge on any atom is 0.281 e. The molecule has 8 nitrogen and oxygen atoms in total. The van der Waals surface area contributed by atoms with E-state index in [2.05, 4.69) is 15.3 Å². The first-order valence-corrected chi connectivity index (χ1v) is 11.4. The second kappa shape index (κ2) is 8.96. The van der Waals surface area contributed by atoms with Crippen LogP contribution >= 0.6 is 23.2 Å². The van der Waals surface area contributed by atoms with Gasteiger partial charge in [0.25, 0.3) is 11.5 Å². The van der Waals surface area contributed by atoms with Crippen LogP contribution in [0.25, 0.3) is 11.2 Å². The first-order valence-electron chi connectivity index (χ1n) is 10.6. The molecule has 5 rings (SSSR count). The van der Waals surface area contributed by atoms with E-state index in [1.165, 1.54) is 0 Å². The standard InChI is InChI=1S/C23H20Cl2N6O2/c24-16-5-3-4-14(12-16)13-31-21-19(28-29-31)22(32)27-20(26-21)15-8-10-30(11-9-15)23(33)17-6-1-2-7-18(17)25/h1-7,12,15H,8-11,13H2,(H,26,27,32). The number of H-pyrrole nitrogens is 1. The van der Waals surface area contributed by atoms with Gasteiger partial charge in [0.1, 0.15) is 5.82 Å². The van der Waals surface area contributed by atoms with Gasteiger partial charge in [-0.15, -0.1) is 5.10 Å². The molecule has 10 heteroatoms. The summed E-state index contributed by atoms with van der Waals surface area (Å²) in [6, 6.07) is 14.5. The van der Waals surface area contributed by atoms with Gasteiger partial charge in [0.2, 0.25) is 0 Å². The molecule has 168 valence electrons. The van der Waals surface area contributed by atoms with Gasteiger partial charge in [0.05, 0.1) is 17.1 Å². The Kier molecular flexibility index (Phi) is 5.86. The average molecular weight is 483 g/mol. The summed E-state index contributed by atoms with van der Waals surface area (Å²) in [5, 5.41) is 9.20. The Morgan fingerprint density at radius 3 is 2.64 bits per heavy atom. The molecule has 1 saturated heterocycles. The smallest absolute Gasteiger partial charge is 0.281 e. The van der Waals surface area contributed by atoms with Crippen molar-refractivity contribution < 1.29 is 4.79 Å². The van der Waals surface area contributed by atoms with Gasteiger partial charge in [-0.3, -0.25) is 9.59 Å². The summed E-state index contributed by atoms with van der Waals surface area (Å²) < 4.78 is 1.61. The van der Waals surface area contributed by atoms with Crippen LogP contribution in [0, 0.1) is 0 Å². The van der Waals surface area contributed by atoms with Gasteiger partial charge in [0.15, 0.2) is 11.2 Å². The molecule has 3 heterocycles. The molecule has 0 bridgehead atoms. The Hall–Kier alpha value is -3.23. The van der Waals surface area contributed by atoms with Crippen molar-refractivity contribution in [2.45, 2.75) is 25.3 Å². The minimum atomic E-state index is -0.318. The van der Waals surface area contributed by atoms with Gasteiger partial charge in [-0.1, -0.05) is 52.7 Å². The van der Waals surface area contributed by atoms with E-state index < -0.39 is 0 Å². The highest BCUT2D eigenvalue weighted by Crippen LogP contribution is 2.27. The van der Waals surface area contributed by atoms with E-state index in [0.29, 0.717) is 59.6 Å². The van der Waals surface area contributed by atoms with Crippen molar-refractivity contribution in [1.29, 1.82) is 0 Å². The monoisotopic (exact) mass is 482 g/mol. The molecule has 1 fully saturated rings. The largest absolute Gasteiger partial charge is 0.339 e. The molecule has 2 aromatic heterocycles. The van der Waals surface area contributed by atoms with Gasteiger partial charge < -0.3 is 9.88 Å². The number of piperidine rings is 1. The summed E-state index contributed by atoms with van der Waals surface area (Å²) in [6.07, 6.45) is 1.36. The van der Waals surface area contributed by atoms with E-state index in [9.17, 15) is 9.59 Å². The zero-order valence-electron chi connectivity index (χ0n) is 17.5. The number of nitrogens with one attached hydrogen (secondary N) is 1. The molecule has 0 spiro atoms. The fraction of sp³-hybridized carbons (Fsp3) is 0.261. The predicted octanol–water partition coefficient (Wildman–Crippen LogP) is 3.89. The predicted molar refractivity (Wildman–Crippen MR) is 126 cm³/mol. The first kappa shape index (κ1) is 21.6. The SMILES string of the molecule is O=C(c1ccccc1Cl)N1CCC(c2nc3c(nnn3Cc3cccc(Cl)c3)c(=O)[nH]2)CC1. The van der Waals surface area contributed by atoms with Crippen molar-refractivity contribution in [1.82, 2.24) is 29.9 Å². The number of carbonyl (C=O) groups excluding carboxylic acids is 1. The van der Waals surface area contributed by atoms with Crippen molar-refractivity contribution in [2.24, 2.45) is 0 Å². The fourth-order valence-corrected chi connectivity index (χ4v) is 4.58. The minimum absolute atomic E-state index is 0.0203.